The van der Waals surface area contributed by atoms with E-state index < -0.39 is 24.0 Å². The van der Waals surface area contributed by atoms with E-state index in [2.05, 4.69) is 16.0 Å². The van der Waals surface area contributed by atoms with Gasteiger partial charge in [0.25, 0.3) is 0 Å². The van der Waals surface area contributed by atoms with Crippen molar-refractivity contribution in [1.29, 1.82) is 0 Å². The van der Waals surface area contributed by atoms with Crippen LogP contribution in [0.4, 0.5) is 25.4 Å². The predicted octanol–water partition coefficient (Wildman–Crippen LogP) is 4.59. The largest absolute Gasteiger partial charge is 0.488 e. The molecule has 0 bridgehead atoms. The third kappa shape index (κ3) is 8.34. The number of carbonyl (C=O) groups excluding carboxylic acids is 3. The van der Waals surface area contributed by atoms with E-state index in [9.17, 15) is 23.9 Å². The van der Waals surface area contributed by atoms with Crippen LogP contribution >= 0.6 is 0 Å². The summed E-state index contributed by atoms with van der Waals surface area (Å²) >= 11 is 0. The highest BCUT2D eigenvalue weighted by molar-refractivity contribution is 6.00. The zero-order valence-corrected chi connectivity index (χ0v) is 24.6. The molecule has 4 rings (SSSR count). The summed E-state index contributed by atoms with van der Waals surface area (Å²) in [5.41, 5.74) is 1.44. The van der Waals surface area contributed by atoms with Crippen LogP contribution in [0.3, 0.4) is 0 Å². The van der Waals surface area contributed by atoms with Crippen molar-refractivity contribution in [3.8, 4) is 5.75 Å². The smallest absolute Gasteiger partial charge is 0.323 e. The number of benzene rings is 2. The summed E-state index contributed by atoms with van der Waals surface area (Å²) in [4.78, 5) is 42.3. The molecule has 10 nitrogen and oxygen atoms in total. The van der Waals surface area contributed by atoms with Crippen LogP contribution in [0, 0.1) is 11.7 Å². The lowest BCUT2D eigenvalue weighted by Crippen LogP contribution is -2.50. The molecule has 0 unspecified atom stereocenters. The predicted molar refractivity (Wildman–Crippen MR) is 159 cm³/mol. The molecule has 0 aromatic heterocycles. The van der Waals surface area contributed by atoms with Crippen molar-refractivity contribution in [3.63, 3.8) is 0 Å². The van der Waals surface area contributed by atoms with E-state index >= 15 is 0 Å². The summed E-state index contributed by atoms with van der Waals surface area (Å²) in [6, 6.07) is 9.59. The molecule has 2 aliphatic rings. The Kier molecular flexibility index (Phi) is 10.6. The number of nitrogens with zero attached hydrogens (tertiary/aromatic N) is 2. The lowest BCUT2D eigenvalue weighted by atomic mass is 9.96. The number of likely N-dealkylation sites (N-methyl/N-ethyl adjacent to an activating group) is 1. The van der Waals surface area contributed by atoms with Crippen LogP contribution in [0.2, 0.25) is 0 Å². The summed E-state index contributed by atoms with van der Waals surface area (Å²) in [5, 5.41) is 18.4. The van der Waals surface area contributed by atoms with Gasteiger partial charge in [-0.15, -0.1) is 0 Å². The lowest BCUT2D eigenvalue weighted by molar-refractivity contribution is -0.134. The van der Waals surface area contributed by atoms with Gasteiger partial charge in [-0.25, -0.2) is 14.0 Å². The first-order valence-electron chi connectivity index (χ1n) is 14.7. The molecule has 11 heteroatoms. The van der Waals surface area contributed by atoms with Crippen molar-refractivity contribution in [2.24, 2.45) is 5.92 Å². The summed E-state index contributed by atoms with van der Waals surface area (Å²) in [6.45, 7) is 4.23. The molecule has 228 valence electrons. The number of carbonyl (C=O) groups is 3. The van der Waals surface area contributed by atoms with Crippen LogP contribution in [0.25, 0.3) is 0 Å². The molecule has 5 amide bonds. The zero-order chi connectivity index (χ0) is 30.2. The lowest BCUT2D eigenvalue weighted by Gasteiger charge is -2.34. The van der Waals surface area contributed by atoms with Crippen molar-refractivity contribution in [2.45, 2.75) is 70.6 Å². The number of urea groups is 2. The molecule has 2 aromatic rings. The summed E-state index contributed by atoms with van der Waals surface area (Å²) < 4.78 is 19.7. The number of aliphatic hydroxyl groups excluding tert-OH is 1. The highest BCUT2D eigenvalue weighted by Crippen LogP contribution is 2.29. The number of hydrogen-bond acceptors (Lipinski definition) is 5. The Morgan fingerprint density at radius 3 is 2.45 bits per heavy atom. The standard InChI is InChI=1S/C31H42FN5O5/c1-20-17-37(21(2)19-38)29(39)16-22-15-26(34-30(40)33-25-11-9-23(32)10-12-25)13-14-27(22)42-28(20)18-36(3)31(41)35-24-7-5-4-6-8-24/h9-15,20-21,24,28,38H,4-8,16-19H2,1-3H3,(H,35,41)(H2,33,34,40)/t20-,21-,28-/m1/s1. The van der Waals surface area contributed by atoms with Crippen LogP contribution in [0.1, 0.15) is 51.5 Å². The van der Waals surface area contributed by atoms with E-state index in [0.29, 0.717) is 35.8 Å². The third-order valence-electron chi connectivity index (χ3n) is 8.01. The first-order chi connectivity index (χ1) is 20.1. The SMILES string of the molecule is C[C@@H]1CN([C@H](C)CO)C(=O)Cc2cc(NC(=O)Nc3ccc(F)cc3)ccc2O[C@@H]1CN(C)C(=O)NC1CCCCC1. The van der Waals surface area contributed by atoms with Gasteiger partial charge in [0, 0.05) is 42.5 Å². The van der Waals surface area contributed by atoms with Crippen molar-refractivity contribution < 1.29 is 28.6 Å². The Labute approximate surface area is 246 Å². The molecule has 1 fully saturated rings. The molecule has 0 spiro atoms. The van der Waals surface area contributed by atoms with Gasteiger partial charge in [-0.05, 0) is 62.2 Å². The molecule has 2 aromatic carbocycles. The number of fused-ring (bicyclic) bond motifs is 1. The number of aliphatic hydroxyl groups is 1. The number of rotatable bonds is 7. The van der Waals surface area contributed by atoms with E-state index in [0.717, 1.165) is 25.7 Å². The maximum absolute atomic E-state index is 13.4. The average molecular weight is 584 g/mol. The molecule has 1 aliphatic heterocycles. The number of anilines is 2. The molecule has 1 saturated carbocycles. The van der Waals surface area contributed by atoms with E-state index in [1.807, 2.05) is 6.92 Å². The fourth-order valence-corrected chi connectivity index (χ4v) is 5.44. The Hall–Kier alpha value is -3.86. The highest BCUT2D eigenvalue weighted by atomic mass is 19.1. The summed E-state index contributed by atoms with van der Waals surface area (Å²) in [7, 11) is 1.74. The van der Waals surface area contributed by atoms with Crippen molar-refractivity contribution in [2.75, 3.05) is 37.4 Å². The topological polar surface area (TPSA) is 123 Å². The first kappa shape index (κ1) is 31.1. The van der Waals surface area contributed by atoms with Gasteiger partial charge in [0.2, 0.25) is 5.91 Å². The Bertz CT molecular complexity index is 1240. The van der Waals surface area contributed by atoms with Gasteiger partial charge >= 0.3 is 12.1 Å². The van der Waals surface area contributed by atoms with Crippen molar-refractivity contribution in [1.82, 2.24) is 15.1 Å². The molecule has 3 atom stereocenters. The Balaban J connectivity index is 1.53. The fraction of sp³-hybridized carbons (Fsp3) is 0.516. The Morgan fingerprint density at radius 2 is 1.76 bits per heavy atom. The monoisotopic (exact) mass is 583 g/mol. The summed E-state index contributed by atoms with van der Waals surface area (Å²) in [6.07, 6.45) is 4.97. The van der Waals surface area contributed by atoms with Gasteiger partial charge in [0.1, 0.15) is 17.7 Å². The minimum Gasteiger partial charge on any atom is -0.488 e. The fourth-order valence-electron chi connectivity index (χ4n) is 5.44. The number of amides is 5. The van der Waals surface area contributed by atoms with E-state index in [-0.39, 0.29) is 36.9 Å². The van der Waals surface area contributed by atoms with Gasteiger partial charge in [0.05, 0.1) is 25.6 Å². The molecule has 1 heterocycles. The molecule has 42 heavy (non-hydrogen) atoms. The van der Waals surface area contributed by atoms with E-state index in [4.69, 9.17) is 4.74 Å². The average Bonchev–Trinajstić information content (AvgIpc) is 3.01. The molecule has 0 radical (unpaired) electrons. The van der Waals surface area contributed by atoms with Crippen molar-refractivity contribution >= 4 is 29.3 Å². The second-order valence-electron chi connectivity index (χ2n) is 11.5. The van der Waals surface area contributed by atoms with E-state index in [1.54, 1.807) is 42.0 Å². The quantitative estimate of drug-likeness (QED) is 0.380. The van der Waals surface area contributed by atoms with Gasteiger partial charge < -0.3 is 35.6 Å². The number of ether oxygens (including phenoxy) is 1. The zero-order valence-electron chi connectivity index (χ0n) is 24.6. The number of halogens is 1. The minimum atomic E-state index is -0.524. The number of nitrogens with one attached hydrogen (secondary N) is 3. The molecular formula is C31H42FN5O5. The maximum atomic E-state index is 13.4. The van der Waals surface area contributed by atoms with Crippen molar-refractivity contribution in [3.05, 3.63) is 53.8 Å². The molecule has 0 saturated heterocycles. The van der Waals surface area contributed by atoms with Gasteiger partial charge in [0.15, 0.2) is 0 Å². The Morgan fingerprint density at radius 1 is 1.10 bits per heavy atom. The van der Waals surface area contributed by atoms with Gasteiger partial charge in [-0.1, -0.05) is 26.2 Å². The molecular weight excluding hydrogens is 541 g/mol. The van der Waals surface area contributed by atoms with Crippen LogP contribution in [-0.4, -0.2) is 77.8 Å². The highest BCUT2D eigenvalue weighted by Gasteiger charge is 2.32. The number of hydrogen-bond donors (Lipinski definition) is 4. The molecule has 1 aliphatic carbocycles. The van der Waals surface area contributed by atoms with Crippen LogP contribution in [0.5, 0.6) is 5.75 Å². The first-order valence-corrected chi connectivity index (χ1v) is 14.7. The minimum absolute atomic E-state index is 0.00617. The van der Waals surface area contributed by atoms with Crippen LogP contribution in [-0.2, 0) is 11.2 Å². The maximum Gasteiger partial charge on any atom is 0.323 e. The van der Waals surface area contributed by atoms with E-state index in [1.165, 1.54) is 30.7 Å². The second kappa shape index (κ2) is 14.4. The summed E-state index contributed by atoms with van der Waals surface area (Å²) in [5.74, 6) is -0.246. The third-order valence-corrected chi connectivity index (χ3v) is 8.01. The van der Waals surface area contributed by atoms with Crippen LogP contribution in [0.15, 0.2) is 42.5 Å². The molecule has 4 N–H and O–H groups in total. The van der Waals surface area contributed by atoms with Gasteiger partial charge in [-0.2, -0.15) is 0 Å². The normalized spacial score (nSPS) is 20.2. The second-order valence-corrected chi connectivity index (χ2v) is 11.5. The van der Waals surface area contributed by atoms with Gasteiger partial charge in [-0.3, -0.25) is 4.79 Å². The van der Waals surface area contributed by atoms with Crippen LogP contribution < -0.4 is 20.7 Å².